The van der Waals surface area contributed by atoms with Gasteiger partial charge in [-0.1, -0.05) is 22.9 Å². The lowest BCUT2D eigenvalue weighted by Gasteiger charge is -2.20. The van der Waals surface area contributed by atoms with Crippen LogP contribution in [-0.2, 0) is 14.4 Å². The third kappa shape index (κ3) is 3.42. The number of carbonyl (C=O) groups excluding carboxylic acids is 3. The van der Waals surface area contributed by atoms with Gasteiger partial charge in [0.2, 0.25) is 5.91 Å². The number of anilines is 2. The minimum atomic E-state index is -1.09. The molecule has 0 bridgehead atoms. The number of nitrogens with zero attached hydrogens (tertiary/aromatic N) is 4. The molecule has 1 N–H and O–H groups in total. The number of hydrogen-bond acceptors (Lipinski definition) is 6. The van der Waals surface area contributed by atoms with Crippen LogP contribution >= 0.6 is 11.6 Å². The first-order valence-corrected chi connectivity index (χ1v) is 8.78. The minimum Gasteiger partial charge on any atom is -0.322 e. The van der Waals surface area contributed by atoms with Gasteiger partial charge in [0.15, 0.2) is 12.1 Å². The topological polar surface area (TPSA) is 94.4 Å². The van der Waals surface area contributed by atoms with Crippen LogP contribution in [0.3, 0.4) is 0 Å². The van der Waals surface area contributed by atoms with Crippen LogP contribution in [0.25, 0.3) is 0 Å². The molecule has 2 aliphatic rings. The molecule has 1 fully saturated rings. The average molecular weight is 420 g/mol. The number of benzene rings is 2. The maximum absolute atomic E-state index is 13.7. The largest absolute Gasteiger partial charge is 0.322 e. The van der Waals surface area contributed by atoms with Crippen molar-refractivity contribution >= 4 is 40.7 Å². The molecule has 0 aliphatic carbocycles. The molecule has 0 radical (unpaired) electrons. The van der Waals surface area contributed by atoms with Crippen molar-refractivity contribution in [3.8, 4) is 0 Å². The highest BCUT2D eigenvalue weighted by atomic mass is 35.5. The summed E-state index contributed by atoms with van der Waals surface area (Å²) in [6, 6.07) is 6.72. The Morgan fingerprint density at radius 1 is 1.14 bits per heavy atom. The van der Waals surface area contributed by atoms with Gasteiger partial charge in [-0.15, -0.1) is 0 Å². The lowest BCUT2D eigenvalue weighted by atomic mass is 10.1. The first-order chi connectivity index (χ1) is 13.8. The summed E-state index contributed by atoms with van der Waals surface area (Å²) in [6.07, 6.45) is 0. The molecule has 2 heterocycles. The summed E-state index contributed by atoms with van der Waals surface area (Å²) in [5, 5.41) is 11.2. The van der Waals surface area contributed by atoms with E-state index in [-0.39, 0.29) is 11.4 Å². The van der Waals surface area contributed by atoms with Crippen LogP contribution in [0.4, 0.5) is 20.2 Å². The van der Waals surface area contributed by atoms with Crippen molar-refractivity contribution in [1.82, 2.24) is 5.01 Å². The molecule has 4 rings (SSSR count). The fourth-order valence-electron chi connectivity index (χ4n) is 3.15. The Balaban J connectivity index is 1.49. The van der Waals surface area contributed by atoms with Crippen molar-refractivity contribution in [3.05, 3.63) is 59.1 Å². The number of rotatable bonds is 4. The number of nitrogens with one attached hydrogen (secondary N) is 1. The number of halogens is 3. The van der Waals surface area contributed by atoms with Gasteiger partial charge in [0, 0.05) is 11.1 Å². The van der Waals surface area contributed by atoms with Crippen molar-refractivity contribution in [1.29, 1.82) is 0 Å². The summed E-state index contributed by atoms with van der Waals surface area (Å²) in [4.78, 5) is 38.6. The number of imide groups is 1. The summed E-state index contributed by atoms with van der Waals surface area (Å²) in [7, 11) is 0. The fourth-order valence-corrected chi connectivity index (χ4v) is 3.34. The molecule has 0 unspecified atom stereocenters. The summed E-state index contributed by atoms with van der Waals surface area (Å²) in [5.74, 6) is -3.63. The number of carbonyl (C=O) groups is 3. The lowest BCUT2D eigenvalue weighted by molar-refractivity contribution is -0.123. The zero-order valence-electron chi connectivity index (χ0n) is 14.6. The van der Waals surface area contributed by atoms with E-state index in [1.807, 2.05) is 0 Å². The van der Waals surface area contributed by atoms with Gasteiger partial charge in [-0.3, -0.25) is 19.4 Å². The molecule has 0 spiro atoms. The van der Waals surface area contributed by atoms with E-state index in [2.05, 4.69) is 15.7 Å². The summed E-state index contributed by atoms with van der Waals surface area (Å²) in [5.41, 5.74) is 0.0633. The zero-order valence-corrected chi connectivity index (χ0v) is 15.3. The van der Waals surface area contributed by atoms with Crippen LogP contribution in [0.1, 0.15) is 0 Å². The van der Waals surface area contributed by atoms with Gasteiger partial charge in [0.05, 0.1) is 11.4 Å². The molecule has 2 aromatic rings. The Morgan fingerprint density at radius 2 is 1.93 bits per heavy atom. The first-order valence-electron chi connectivity index (χ1n) is 8.41. The second-order valence-electron chi connectivity index (χ2n) is 6.36. The molecule has 0 saturated carbocycles. The summed E-state index contributed by atoms with van der Waals surface area (Å²) in [6.45, 7) is -0.454. The summed E-state index contributed by atoms with van der Waals surface area (Å²) < 4.78 is 26.7. The van der Waals surface area contributed by atoms with Crippen molar-refractivity contribution in [2.75, 3.05) is 16.8 Å². The predicted octanol–water partition coefficient (Wildman–Crippen LogP) is 2.55. The van der Waals surface area contributed by atoms with Gasteiger partial charge in [-0.2, -0.15) is 5.11 Å². The van der Waals surface area contributed by atoms with Crippen LogP contribution in [0.2, 0.25) is 5.02 Å². The van der Waals surface area contributed by atoms with Gasteiger partial charge in [0.25, 0.3) is 11.8 Å². The van der Waals surface area contributed by atoms with E-state index in [0.717, 1.165) is 22.0 Å². The quantitative estimate of drug-likeness (QED) is 0.770. The number of amides is 3. The molecule has 0 aromatic heterocycles. The van der Waals surface area contributed by atoms with E-state index in [1.165, 1.54) is 6.07 Å². The van der Waals surface area contributed by atoms with E-state index in [4.69, 9.17) is 11.6 Å². The molecule has 1 saturated heterocycles. The minimum absolute atomic E-state index is 0.224. The Hall–Kier alpha value is -3.40. The first kappa shape index (κ1) is 18.9. The Bertz CT molecular complexity index is 1060. The molecular formula is C18H12ClF2N5O3. The van der Waals surface area contributed by atoms with Gasteiger partial charge in [-0.05, 0) is 30.3 Å². The highest BCUT2D eigenvalue weighted by Gasteiger charge is 2.55. The van der Waals surface area contributed by atoms with Crippen molar-refractivity contribution in [2.24, 2.45) is 10.3 Å². The fraction of sp³-hybridized carbons (Fsp3) is 0.167. The molecule has 2 atom stereocenters. The molecular weight excluding hydrogens is 408 g/mol. The van der Waals surface area contributed by atoms with E-state index >= 15 is 0 Å². The molecule has 29 heavy (non-hydrogen) atoms. The van der Waals surface area contributed by atoms with E-state index in [9.17, 15) is 23.2 Å². The van der Waals surface area contributed by atoms with Crippen molar-refractivity contribution in [3.63, 3.8) is 0 Å². The van der Waals surface area contributed by atoms with E-state index < -0.39 is 48.0 Å². The average Bonchev–Trinajstić information content (AvgIpc) is 3.17. The Kier molecular flexibility index (Phi) is 4.71. The normalized spacial score (nSPS) is 20.4. The molecule has 11 heteroatoms. The van der Waals surface area contributed by atoms with Crippen molar-refractivity contribution in [2.45, 2.75) is 12.1 Å². The molecule has 3 amide bonds. The monoisotopic (exact) mass is 419 g/mol. The van der Waals surface area contributed by atoms with Crippen LogP contribution in [-0.4, -0.2) is 41.4 Å². The summed E-state index contributed by atoms with van der Waals surface area (Å²) >= 11 is 5.93. The van der Waals surface area contributed by atoms with Crippen LogP contribution < -0.4 is 10.2 Å². The number of hydrogen-bond donors (Lipinski definition) is 1. The second kappa shape index (κ2) is 7.21. The van der Waals surface area contributed by atoms with Gasteiger partial charge in [-0.25, -0.2) is 13.7 Å². The Labute approximate surface area is 167 Å². The SMILES string of the molecule is O=C(CN1N=N[C@H]2C(=O)N(c3cccc(Cl)c3)C(=O)[C@@H]21)Nc1ccc(F)cc1F. The van der Waals surface area contributed by atoms with Gasteiger partial charge >= 0.3 is 0 Å². The molecule has 2 aliphatic heterocycles. The zero-order chi connectivity index (χ0) is 20.7. The maximum Gasteiger partial charge on any atom is 0.263 e. The molecule has 148 valence electrons. The van der Waals surface area contributed by atoms with Crippen LogP contribution in [0, 0.1) is 11.6 Å². The van der Waals surface area contributed by atoms with Gasteiger partial charge in [0.1, 0.15) is 18.2 Å². The molecule has 2 aromatic carbocycles. The van der Waals surface area contributed by atoms with Crippen LogP contribution in [0.5, 0.6) is 0 Å². The molecule has 8 nitrogen and oxygen atoms in total. The van der Waals surface area contributed by atoms with Crippen molar-refractivity contribution < 1.29 is 23.2 Å². The second-order valence-corrected chi connectivity index (χ2v) is 6.79. The van der Waals surface area contributed by atoms with E-state index in [1.54, 1.807) is 18.2 Å². The third-order valence-corrected chi connectivity index (χ3v) is 4.67. The lowest BCUT2D eigenvalue weighted by Crippen LogP contribution is -2.43. The highest BCUT2D eigenvalue weighted by Crippen LogP contribution is 2.32. The highest BCUT2D eigenvalue weighted by molar-refractivity contribution is 6.31. The van der Waals surface area contributed by atoms with E-state index in [0.29, 0.717) is 11.1 Å². The van der Waals surface area contributed by atoms with Crippen LogP contribution in [0.15, 0.2) is 52.8 Å². The number of fused-ring (bicyclic) bond motifs is 1. The Morgan fingerprint density at radius 3 is 2.66 bits per heavy atom. The smallest absolute Gasteiger partial charge is 0.263 e. The predicted molar refractivity (Wildman–Crippen MR) is 98.1 cm³/mol. The standard InChI is InChI=1S/C18H12ClF2N5O3/c19-9-2-1-3-11(6-9)26-17(28)15-16(18(26)29)25(24-23-15)8-14(27)22-13-5-4-10(20)7-12(13)21/h1-7,15-16H,8H2,(H,22,27)/t15-,16-/m1/s1. The maximum atomic E-state index is 13.7. The third-order valence-electron chi connectivity index (χ3n) is 4.44. The van der Waals surface area contributed by atoms with Gasteiger partial charge < -0.3 is 5.32 Å².